The van der Waals surface area contributed by atoms with Gasteiger partial charge in [-0.05, 0) is 6.07 Å². The lowest BCUT2D eigenvalue weighted by Crippen LogP contribution is -2.29. The molecule has 0 atom stereocenters. The average Bonchev–Trinajstić information content (AvgIpc) is 2.15. The number of aromatic nitrogens is 1. The van der Waals surface area contributed by atoms with E-state index in [1.807, 2.05) is 13.1 Å². The Morgan fingerprint density at radius 1 is 1.31 bits per heavy atom. The van der Waals surface area contributed by atoms with Crippen LogP contribution in [0.15, 0.2) is 18.3 Å². The fraction of sp³-hybridized carbons (Fsp3) is 0.250. The smallest absolute Gasteiger partial charge is 0.448 e. The van der Waals surface area contributed by atoms with Gasteiger partial charge in [0.1, 0.15) is 18.7 Å². The second kappa shape index (κ2) is 5.95. The van der Waals surface area contributed by atoms with Crippen molar-refractivity contribution in [3.63, 3.8) is 0 Å². The van der Waals surface area contributed by atoms with Crippen LogP contribution in [0.1, 0.15) is 5.56 Å². The maximum absolute atomic E-state index is 9.75. The SMILES string of the molecule is COc1ccc(C#N)c[n+]1C.F[B-](F)(F)F. The molecule has 0 amide bonds. The van der Waals surface area contributed by atoms with Gasteiger partial charge in [0.25, 0.3) is 0 Å². The van der Waals surface area contributed by atoms with Gasteiger partial charge in [0.05, 0.1) is 13.2 Å². The first-order valence-electron chi connectivity index (χ1n) is 4.09. The molecule has 8 heteroatoms. The van der Waals surface area contributed by atoms with Crippen molar-refractivity contribution in [2.45, 2.75) is 0 Å². The number of halogens is 4. The maximum atomic E-state index is 9.75. The van der Waals surface area contributed by atoms with Crippen LogP contribution in [0.2, 0.25) is 0 Å². The monoisotopic (exact) mass is 236 g/mol. The molecule has 1 aromatic heterocycles. The van der Waals surface area contributed by atoms with E-state index in [0.717, 1.165) is 5.88 Å². The van der Waals surface area contributed by atoms with Crippen LogP contribution in [0.4, 0.5) is 17.3 Å². The Bertz CT molecular complexity index is 383. The van der Waals surface area contributed by atoms with Crippen LogP contribution in [0.5, 0.6) is 5.88 Å². The molecule has 0 saturated heterocycles. The summed E-state index contributed by atoms with van der Waals surface area (Å²) in [6.45, 7) is 0. The second-order valence-corrected chi connectivity index (χ2v) is 2.68. The van der Waals surface area contributed by atoms with Crippen LogP contribution in [0, 0.1) is 11.3 Å². The Labute approximate surface area is 90.0 Å². The Kier molecular flexibility index (Phi) is 5.29. The van der Waals surface area contributed by atoms with Crippen molar-refractivity contribution in [3.8, 4) is 11.9 Å². The van der Waals surface area contributed by atoms with Crippen LogP contribution in [0.25, 0.3) is 0 Å². The molecule has 0 aliphatic carbocycles. The highest BCUT2D eigenvalue weighted by Gasteiger charge is 2.20. The summed E-state index contributed by atoms with van der Waals surface area (Å²) in [6.07, 6.45) is 1.72. The normalized spacial score (nSPS) is 9.81. The van der Waals surface area contributed by atoms with Crippen LogP contribution in [-0.2, 0) is 7.05 Å². The molecule has 0 N–H and O–H groups in total. The van der Waals surface area contributed by atoms with Crippen LogP contribution >= 0.6 is 0 Å². The van der Waals surface area contributed by atoms with E-state index in [9.17, 15) is 17.3 Å². The predicted molar refractivity (Wildman–Crippen MR) is 49.1 cm³/mol. The summed E-state index contributed by atoms with van der Waals surface area (Å²) in [5.74, 6) is 0.740. The molecule has 16 heavy (non-hydrogen) atoms. The molecule has 0 fully saturated rings. The largest absolute Gasteiger partial charge is 0.673 e. The van der Waals surface area contributed by atoms with Gasteiger partial charge in [0.2, 0.25) is 0 Å². The molecule has 0 aromatic carbocycles. The number of nitriles is 1. The van der Waals surface area contributed by atoms with Crippen LogP contribution < -0.4 is 9.30 Å². The zero-order valence-corrected chi connectivity index (χ0v) is 8.62. The molecule has 0 aliphatic rings. The van der Waals surface area contributed by atoms with E-state index >= 15 is 0 Å². The topological polar surface area (TPSA) is 36.9 Å². The minimum absolute atomic E-state index is 0.633. The fourth-order valence-electron chi connectivity index (χ4n) is 0.872. The molecular weight excluding hydrogens is 227 g/mol. The summed E-state index contributed by atoms with van der Waals surface area (Å²) < 4.78 is 45.8. The number of hydrogen-bond acceptors (Lipinski definition) is 2. The third-order valence-corrected chi connectivity index (χ3v) is 1.42. The molecule has 0 bridgehead atoms. The van der Waals surface area contributed by atoms with E-state index in [-0.39, 0.29) is 0 Å². The highest BCUT2D eigenvalue weighted by Crippen LogP contribution is 2.06. The molecule has 0 unspecified atom stereocenters. The highest BCUT2D eigenvalue weighted by molar-refractivity contribution is 6.50. The number of aryl methyl sites for hydroxylation is 1. The summed E-state index contributed by atoms with van der Waals surface area (Å²) in [5, 5.41) is 8.52. The number of ether oxygens (including phenoxy) is 1. The van der Waals surface area contributed by atoms with Crippen molar-refractivity contribution in [3.05, 3.63) is 23.9 Å². The van der Waals surface area contributed by atoms with Gasteiger partial charge in [0, 0.05) is 0 Å². The molecule has 0 aliphatic heterocycles. The molecule has 1 aromatic rings. The van der Waals surface area contributed by atoms with Crippen molar-refractivity contribution in [2.24, 2.45) is 7.05 Å². The van der Waals surface area contributed by atoms with Crippen molar-refractivity contribution in [1.82, 2.24) is 0 Å². The van der Waals surface area contributed by atoms with Gasteiger partial charge in [0.15, 0.2) is 6.20 Å². The average molecular weight is 236 g/mol. The summed E-state index contributed by atoms with van der Waals surface area (Å²) in [5.41, 5.74) is 0.633. The van der Waals surface area contributed by atoms with Crippen molar-refractivity contribution in [1.29, 1.82) is 5.26 Å². The van der Waals surface area contributed by atoms with E-state index in [0.29, 0.717) is 5.56 Å². The van der Waals surface area contributed by atoms with Crippen molar-refractivity contribution < 1.29 is 26.6 Å². The molecule has 3 nitrogen and oxygen atoms in total. The second-order valence-electron chi connectivity index (χ2n) is 2.68. The minimum Gasteiger partial charge on any atom is -0.448 e. The fourth-order valence-corrected chi connectivity index (χ4v) is 0.872. The molecule has 0 saturated carbocycles. The summed E-state index contributed by atoms with van der Waals surface area (Å²) >= 11 is 0. The molecule has 88 valence electrons. The first kappa shape index (κ1) is 14.2. The standard InChI is InChI=1S/C8H9N2O.BF4/c1-10-6-7(5-9)3-4-8(10)11-2;2-1(3,4)5/h3-4,6H,1-2H3;/q+1;-1. The molecule has 1 heterocycles. The zero-order chi connectivity index (χ0) is 12.8. The van der Waals surface area contributed by atoms with Gasteiger partial charge in [-0.25, -0.2) is 0 Å². The minimum atomic E-state index is -6.00. The van der Waals surface area contributed by atoms with Gasteiger partial charge < -0.3 is 22.0 Å². The van der Waals surface area contributed by atoms with Crippen LogP contribution in [0.3, 0.4) is 0 Å². The highest BCUT2D eigenvalue weighted by atomic mass is 19.5. The summed E-state index contributed by atoms with van der Waals surface area (Å²) in [7, 11) is -2.57. The lowest BCUT2D eigenvalue weighted by molar-refractivity contribution is -0.676. The number of nitrogens with zero attached hydrogens (tertiary/aromatic N) is 2. The van der Waals surface area contributed by atoms with E-state index < -0.39 is 7.25 Å². The molecule has 0 radical (unpaired) electrons. The lowest BCUT2D eigenvalue weighted by atomic mass is 10.3. The zero-order valence-electron chi connectivity index (χ0n) is 8.62. The van der Waals surface area contributed by atoms with E-state index in [1.165, 1.54) is 0 Å². The predicted octanol–water partition coefficient (Wildman–Crippen LogP) is 1.69. The lowest BCUT2D eigenvalue weighted by Gasteiger charge is -1.95. The van der Waals surface area contributed by atoms with Gasteiger partial charge in [-0.3, -0.25) is 0 Å². The van der Waals surface area contributed by atoms with Crippen molar-refractivity contribution >= 4 is 7.25 Å². The first-order chi connectivity index (χ1) is 7.27. The molecule has 1 rings (SSSR count). The molecular formula is C8H9BF4N2O. The van der Waals surface area contributed by atoms with E-state index in [2.05, 4.69) is 0 Å². The Balaban J connectivity index is 0.000000385. The Hall–Kier alpha value is -1.78. The van der Waals surface area contributed by atoms with E-state index in [1.54, 1.807) is 30.0 Å². The Morgan fingerprint density at radius 3 is 2.12 bits per heavy atom. The summed E-state index contributed by atoms with van der Waals surface area (Å²) in [6, 6.07) is 5.53. The number of methoxy groups -OCH3 is 1. The maximum Gasteiger partial charge on any atom is 0.673 e. The van der Waals surface area contributed by atoms with E-state index in [4.69, 9.17) is 10.00 Å². The molecule has 0 spiro atoms. The van der Waals surface area contributed by atoms with Gasteiger partial charge in [-0.15, -0.1) is 0 Å². The van der Waals surface area contributed by atoms with Gasteiger partial charge >= 0.3 is 13.1 Å². The van der Waals surface area contributed by atoms with Gasteiger partial charge in [-0.1, -0.05) is 0 Å². The Morgan fingerprint density at radius 2 is 1.81 bits per heavy atom. The summed E-state index contributed by atoms with van der Waals surface area (Å²) in [4.78, 5) is 0. The third-order valence-electron chi connectivity index (χ3n) is 1.42. The number of pyridine rings is 1. The van der Waals surface area contributed by atoms with Crippen molar-refractivity contribution in [2.75, 3.05) is 7.11 Å². The van der Waals surface area contributed by atoms with Gasteiger partial charge in [-0.2, -0.15) is 9.83 Å². The number of hydrogen-bond donors (Lipinski definition) is 0. The quantitative estimate of drug-likeness (QED) is 0.422. The third kappa shape index (κ3) is 6.65. The first-order valence-corrected chi connectivity index (χ1v) is 4.09. The van der Waals surface area contributed by atoms with Crippen LogP contribution in [-0.4, -0.2) is 14.4 Å². The number of rotatable bonds is 1.